The molecule has 1 amide bonds. The minimum absolute atomic E-state index is 0.188. The number of likely N-dealkylation sites (N-methyl/N-ethyl adjacent to an activating group) is 1. The van der Waals surface area contributed by atoms with Gasteiger partial charge in [0.05, 0.1) is 0 Å². The van der Waals surface area contributed by atoms with Crippen LogP contribution in [0.15, 0.2) is 0 Å². The molecule has 8 heteroatoms. The first kappa shape index (κ1) is 15.9. The van der Waals surface area contributed by atoms with Crippen molar-refractivity contribution in [1.29, 1.82) is 0 Å². The Hall–Kier alpha value is -1.15. The third-order valence-electron chi connectivity index (χ3n) is 1.88. The molecule has 0 aliphatic heterocycles. The summed E-state index contributed by atoms with van der Waals surface area (Å²) in [6.07, 6.45) is 0.940. The molecule has 0 aliphatic carbocycles. The van der Waals surface area contributed by atoms with E-state index in [1.807, 2.05) is 0 Å². The molecule has 0 aromatic heterocycles. The van der Waals surface area contributed by atoms with Crippen LogP contribution in [0, 0.1) is 0 Å². The Labute approximate surface area is 101 Å². The van der Waals surface area contributed by atoms with Crippen LogP contribution in [0.5, 0.6) is 0 Å². The Balaban J connectivity index is 4.56. The van der Waals surface area contributed by atoms with Gasteiger partial charge in [0.25, 0.3) is 0 Å². The molecule has 0 heterocycles. The zero-order valence-electron chi connectivity index (χ0n) is 10.2. The van der Waals surface area contributed by atoms with Crippen LogP contribution >= 0.6 is 0 Å². The van der Waals surface area contributed by atoms with Crippen molar-refractivity contribution in [3.8, 4) is 0 Å². The van der Waals surface area contributed by atoms with E-state index in [0.717, 1.165) is 11.2 Å². The van der Waals surface area contributed by atoms with Gasteiger partial charge in [-0.25, -0.2) is 8.42 Å². The van der Waals surface area contributed by atoms with E-state index in [9.17, 15) is 18.0 Å². The van der Waals surface area contributed by atoms with E-state index in [0.29, 0.717) is 6.54 Å². The number of aliphatic carboxylic acids is 1. The first-order valence-corrected chi connectivity index (χ1v) is 7.00. The molecule has 0 aromatic rings. The highest BCUT2D eigenvalue weighted by atomic mass is 32.2. The minimum Gasteiger partial charge on any atom is -0.480 e. The molecule has 0 saturated heterocycles. The fourth-order valence-electron chi connectivity index (χ4n) is 1.09. The smallest absolute Gasteiger partial charge is 0.323 e. The molecule has 0 saturated carbocycles. The summed E-state index contributed by atoms with van der Waals surface area (Å²) in [5.74, 6) is -2.50. The van der Waals surface area contributed by atoms with Crippen LogP contribution in [0.4, 0.5) is 0 Å². The van der Waals surface area contributed by atoms with Crippen molar-refractivity contribution < 1.29 is 23.1 Å². The summed E-state index contributed by atoms with van der Waals surface area (Å²) in [6, 6.07) is 0. The van der Waals surface area contributed by atoms with Gasteiger partial charge >= 0.3 is 5.97 Å². The average Bonchev–Trinajstić information content (AvgIpc) is 2.08. The SMILES string of the molecule is CN(C)CCN(CC(=O)O)C(=O)CS(C)(=O)=O. The second kappa shape index (κ2) is 6.55. The van der Waals surface area contributed by atoms with Crippen molar-refractivity contribution in [2.45, 2.75) is 0 Å². The molecule has 0 radical (unpaired) electrons. The number of nitrogens with zero attached hydrogens (tertiary/aromatic N) is 2. The highest BCUT2D eigenvalue weighted by Gasteiger charge is 2.20. The number of carbonyl (C=O) groups is 2. The third kappa shape index (κ3) is 8.64. The van der Waals surface area contributed by atoms with Crippen LogP contribution in [0.2, 0.25) is 0 Å². The normalized spacial score (nSPS) is 11.5. The topological polar surface area (TPSA) is 95.0 Å². The number of hydrogen-bond donors (Lipinski definition) is 1. The lowest BCUT2D eigenvalue weighted by molar-refractivity contribution is -0.143. The molecular formula is C9H18N2O5S. The van der Waals surface area contributed by atoms with Crippen molar-refractivity contribution in [2.24, 2.45) is 0 Å². The van der Waals surface area contributed by atoms with Crippen molar-refractivity contribution in [3.63, 3.8) is 0 Å². The molecule has 0 aromatic carbocycles. The van der Waals surface area contributed by atoms with Crippen molar-refractivity contribution >= 4 is 21.7 Å². The van der Waals surface area contributed by atoms with E-state index in [4.69, 9.17) is 5.11 Å². The van der Waals surface area contributed by atoms with E-state index in [1.54, 1.807) is 19.0 Å². The third-order valence-corrected chi connectivity index (χ3v) is 2.65. The summed E-state index contributed by atoms with van der Waals surface area (Å²) in [4.78, 5) is 25.0. The van der Waals surface area contributed by atoms with E-state index < -0.39 is 34.0 Å². The molecule has 0 atom stereocenters. The first-order chi connectivity index (χ1) is 7.61. The second-order valence-corrected chi connectivity index (χ2v) is 6.22. The van der Waals surface area contributed by atoms with Crippen molar-refractivity contribution in [2.75, 3.05) is 45.7 Å². The van der Waals surface area contributed by atoms with Gasteiger partial charge < -0.3 is 14.9 Å². The van der Waals surface area contributed by atoms with E-state index in [-0.39, 0.29) is 6.54 Å². The van der Waals surface area contributed by atoms with Gasteiger partial charge in [0.2, 0.25) is 5.91 Å². The zero-order chi connectivity index (χ0) is 13.6. The number of carboxylic acids is 1. The maximum atomic E-state index is 11.6. The molecular weight excluding hydrogens is 248 g/mol. The van der Waals surface area contributed by atoms with Gasteiger partial charge in [-0.3, -0.25) is 9.59 Å². The summed E-state index contributed by atoms with van der Waals surface area (Å²) < 4.78 is 21.9. The number of sulfone groups is 1. The van der Waals surface area contributed by atoms with E-state index in [1.165, 1.54) is 0 Å². The lowest BCUT2D eigenvalue weighted by atomic mass is 10.4. The Bertz CT molecular complexity index is 377. The molecule has 0 unspecified atom stereocenters. The lowest BCUT2D eigenvalue weighted by Gasteiger charge is -2.22. The maximum absolute atomic E-state index is 11.6. The number of carbonyl (C=O) groups excluding carboxylic acids is 1. The fraction of sp³-hybridized carbons (Fsp3) is 0.778. The van der Waals surface area contributed by atoms with Crippen LogP contribution < -0.4 is 0 Å². The Morgan fingerprint density at radius 3 is 2.06 bits per heavy atom. The molecule has 0 rings (SSSR count). The Kier molecular flexibility index (Phi) is 6.11. The molecule has 0 aliphatic rings. The van der Waals surface area contributed by atoms with Crippen molar-refractivity contribution in [1.82, 2.24) is 9.80 Å². The summed E-state index contributed by atoms with van der Waals surface area (Å²) in [5.41, 5.74) is 0. The standard InChI is InChI=1S/C9H18N2O5S/c1-10(2)4-5-11(6-9(13)14)8(12)7-17(3,15)16/h4-7H2,1-3H3,(H,13,14). The lowest BCUT2D eigenvalue weighted by Crippen LogP contribution is -2.42. The van der Waals surface area contributed by atoms with Gasteiger partial charge in [0, 0.05) is 19.3 Å². The number of hydrogen-bond acceptors (Lipinski definition) is 5. The fourth-order valence-corrected chi connectivity index (χ4v) is 1.72. The number of amides is 1. The maximum Gasteiger partial charge on any atom is 0.323 e. The van der Waals surface area contributed by atoms with Crippen LogP contribution in [0.3, 0.4) is 0 Å². The molecule has 17 heavy (non-hydrogen) atoms. The quantitative estimate of drug-likeness (QED) is 0.603. The number of carboxylic acid groups (broad SMARTS) is 1. The summed E-state index contributed by atoms with van der Waals surface area (Å²) >= 11 is 0. The largest absolute Gasteiger partial charge is 0.480 e. The van der Waals surface area contributed by atoms with Gasteiger partial charge in [0.15, 0.2) is 9.84 Å². The molecule has 0 fully saturated rings. The molecule has 0 spiro atoms. The molecule has 0 bridgehead atoms. The predicted molar refractivity (Wildman–Crippen MR) is 62.5 cm³/mol. The summed E-state index contributed by atoms with van der Waals surface area (Å²) in [5, 5.41) is 8.64. The van der Waals surface area contributed by atoms with E-state index >= 15 is 0 Å². The molecule has 1 N–H and O–H groups in total. The monoisotopic (exact) mass is 266 g/mol. The minimum atomic E-state index is -3.44. The summed E-state index contributed by atoms with van der Waals surface area (Å²) in [7, 11) is 0.115. The van der Waals surface area contributed by atoms with Gasteiger partial charge in [0.1, 0.15) is 12.3 Å². The molecule has 100 valence electrons. The zero-order valence-corrected chi connectivity index (χ0v) is 11.0. The summed E-state index contributed by atoms with van der Waals surface area (Å²) in [6.45, 7) is 0.179. The van der Waals surface area contributed by atoms with Crippen molar-refractivity contribution in [3.05, 3.63) is 0 Å². The second-order valence-electron chi connectivity index (χ2n) is 4.08. The molecule has 7 nitrogen and oxygen atoms in total. The van der Waals surface area contributed by atoms with Gasteiger partial charge in [-0.2, -0.15) is 0 Å². The van der Waals surface area contributed by atoms with Crippen LogP contribution in [0.1, 0.15) is 0 Å². The van der Waals surface area contributed by atoms with Gasteiger partial charge in [-0.05, 0) is 14.1 Å². The van der Waals surface area contributed by atoms with E-state index in [2.05, 4.69) is 0 Å². The van der Waals surface area contributed by atoms with Gasteiger partial charge in [-0.1, -0.05) is 0 Å². The van der Waals surface area contributed by atoms with Crippen LogP contribution in [0.25, 0.3) is 0 Å². The Morgan fingerprint density at radius 1 is 1.18 bits per heavy atom. The Morgan fingerprint density at radius 2 is 1.71 bits per heavy atom. The average molecular weight is 266 g/mol. The highest BCUT2D eigenvalue weighted by molar-refractivity contribution is 7.91. The van der Waals surface area contributed by atoms with Crippen LogP contribution in [-0.4, -0.2) is 80.9 Å². The number of rotatable bonds is 7. The first-order valence-electron chi connectivity index (χ1n) is 4.94. The highest BCUT2D eigenvalue weighted by Crippen LogP contribution is 1.95. The predicted octanol–water partition coefficient (Wildman–Crippen LogP) is -1.49. The van der Waals surface area contributed by atoms with Crippen LogP contribution in [-0.2, 0) is 19.4 Å². The van der Waals surface area contributed by atoms with Gasteiger partial charge in [-0.15, -0.1) is 0 Å².